The zero-order valence-electron chi connectivity index (χ0n) is 17.4. The van der Waals surface area contributed by atoms with Crippen molar-refractivity contribution in [3.05, 3.63) is 98.7 Å². The molecule has 1 aliphatic carbocycles. The van der Waals surface area contributed by atoms with Crippen LogP contribution in [-0.4, -0.2) is 26.8 Å². The first kappa shape index (κ1) is 23.7. The third-order valence-corrected chi connectivity index (χ3v) is 5.90. The summed E-state index contributed by atoms with van der Waals surface area (Å²) in [5.74, 6) is -0.417. The smallest absolute Gasteiger partial charge is 0.184 e. The number of ketones is 1. The van der Waals surface area contributed by atoms with Gasteiger partial charge < -0.3 is 20.6 Å². The molecule has 9 heteroatoms. The van der Waals surface area contributed by atoms with Gasteiger partial charge in [0, 0.05) is 23.8 Å². The fourth-order valence-corrected chi connectivity index (χ4v) is 3.83. The Morgan fingerprint density at radius 3 is 2.03 bits per heavy atom. The molecule has 0 bridgehead atoms. The Labute approximate surface area is 210 Å². The largest absolute Gasteiger partial charge is 0.506 e. The minimum atomic E-state index is -0.237. The molecule has 3 aromatic carbocycles. The van der Waals surface area contributed by atoms with Gasteiger partial charge in [-0.25, -0.2) is 4.99 Å². The van der Waals surface area contributed by atoms with Gasteiger partial charge in [0.1, 0.15) is 17.2 Å². The zero-order valence-corrected chi connectivity index (χ0v) is 19.7. The van der Waals surface area contributed by atoms with Crippen molar-refractivity contribution in [3.8, 4) is 17.2 Å². The summed E-state index contributed by atoms with van der Waals surface area (Å²) in [4.78, 5) is 17.5. The van der Waals surface area contributed by atoms with E-state index >= 15 is 0 Å². The molecule has 3 aromatic rings. The van der Waals surface area contributed by atoms with Gasteiger partial charge in [0.25, 0.3) is 0 Å². The molecular weight excluding hydrogens is 499 g/mol. The van der Waals surface area contributed by atoms with Crippen LogP contribution < -0.4 is 5.32 Å². The highest BCUT2D eigenvalue weighted by molar-refractivity contribution is 6.33. The summed E-state index contributed by atoms with van der Waals surface area (Å²) in [6, 6.07) is 13.8. The van der Waals surface area contributed by atoms with Crippen molar-refractivity contribution in [2.75, 3.05) is 5.32 Å². The van der Waals surface area contributed by atoms with E-state index in [1.165, 1.54) is 36.4 Å². The minimum Gasteiger partial charge on any atom is -0.506 e. The second-order valence-electron chi connectivity index (χ2n) is 7.48. The van der Waals surface area contributed by atoms with Crippen LogP contribution in [0.15, 0.2) is 83.0 Å². The van der Waals surface area contributed by atoms with Crippen molar-refractivity contribution in [2.24, 2.45) is 4.99 Å². The van der Waals surface area contributed by atoms with Crippen LogP contribution in [-0.2, 0) is 11.2 Å². The number of rotatable bonds is 5. The lowest BCUT2D eigenvalue weighted by molar-refractivity contribution is -0.111. The van der Waals surface area contributed by atoms with Gasteiger partial charge in [0.2, 0.25) is 0 Å². The molecule has 0 amide bonds. The normalized spacial score (nSPS) is 14.7. The summed E-state index contributed by atoms with van der Waals surface area (Å²) in [6.45, 7) is 0. The van der Waals surface area contributed by atoms with E-state index in [9.17, 15) is 20.1 Å². The van der Waals surface area contributed by atoms with E-state index in [4.69, 9.17) is 34.8 Å². The summed E-state index contributed by atoms with van der Waals surface area (Å²) >= 11 is 18.0. The highest BCUT2D eigenvalue weighted by Crippen LogP contribution is 2.31. The van der Waals surface area contributed by atoms with Gasteiger partial charge in [-0.15, -0.1) is 0 Å². The number of hydrogen-bond donors (Lipinski definition) is 4. The Kier molecular flexibility index (Phi) is 6.84. The SMILES string of the molecule is O=C1C=C(Nc2ccc(O)c(Cl)c2)C(=Nc2ccc(O)c(Cl)c2)C=C1Cc1ccc(O)c(Cl)c1. The highest BCUT2D eigenvalue weighted by Gasteiger charge is 2.20. The topological polar surface area (TPSA) is 102 Å². The Balaban J connectivity index is 1.72. The first-order valence-electron chi connectivity index (χ1n) is 9.97. The summed E-state index contributed by atoms with van der Waals surface area (Å²) < 4.78 is 0. The van der Waals surface area contributed by atoms with Crippen LogP contribution in [0.5, 0.6) is 17.2 Å². The maximum Gasteiger partial charge on any atom is 0.184 e. The van der Waals surface area contributed by atoms with Crippen molar-refractivity contribution in [3.63, 3.8) is 0 Å². The molecule has 0 aromatic heterocycles. The van der Waals surface area contributed by atoms with Gasteiger partial charge in [-0.2, -0.15) is 0 Å². The molecule has 0 spiro atoms. The van der Waals surface area contributed by atoms with Crippen LogP contribution in [0.25, 0.3) is 0 Å². The van der Waals surface area contributed by atoms with E-state index in [0.717, 1.165) is 5.56 Å². The van der Waals surface area contributed by atoms with Gasteiger partial charge in [-0.3, -0.25) is 4.79 Å². The molecule has 0 fully saturated rings. The molecule has 34 heavy (non-hydrogen) atoms. The zero-order chi connectivity index (χ0) is 24.4. The monoisotopic (exact) mass is 514 g/mol. The second-order valence-corrected chi connectivity index (χ2v) is 8.70. The lowest BCUT2D eigenvalue weighted by Gasteiger charge is -2.18. The number of nitrogens with zero attached hydrogens (tertiary/aromatic N) is 1. The van der Waals surface area contributed by atoms with Crippen LogP contribution in [0.4, 0.5) is 11.4 Å². The summed E-state index contributed by atoms with van der Waals surface area (Å²) in [5.41, 5.74) is 3.05. The van der Waals surface area contributed by atoms with Gasteiger partial charge in [-0.05, 0) is 60.2 Å². The van der Waals surface area contributed by atoms with Crippen molar-refractivity contribution in [1.82, 2.24) is 0 Å². The van der Waals surface area contributed by atoms with Gasteiger partial charge in [0.05, 0.1) is 32.2 Å². The molecule has 0 aliphatic heterocycles. The van der Waals surface area contributed by atoms with E-state index in [0.29, 0.717) is 28.4 Å². The first-order chi connectivity index (χ1) is 16.2. The number of allylic oxidation sites excluding steroid dienone is 3. The Hall–Kier alpha value is -3.45. The van der Waals surface area contributed by atoms with Gasteiger partial charge in [0.15, 0.2) is 5.78 Å². The number of benzene rings is 3. The number of phenolic OH excluding ortho intramolecular Hbond substituents is 3. The van der Waals surface area contributed by atoms with Crippen LogP contribution in [0.1, 0.15) is 5.56 Å². The molecule has 0 atom stereocenters. The number of hydrogen-bond acceptors (Lipinski definition) is 6. The summed E-state index contributed by atoms with van der Waals surface area (Å²) in [7, 11) is 0. The van der Waals surface area contributed by atoms with Crippen LogP contribution >= 0.6 is 34.8 Å². The molecule has 4 N–H and O–H groups in total. The van der Waals surface area contributed by atoms with E-state index in [2.05, 4.69) is 10.3 Å². The minimum absolute atomic E-state index is 0.0419. The van der Waals surface area contributed by atoms with E-state index in [1.54, 1.807) is 30.3 Å². The molecule has 4 rings (SSSR count). The fourth-order valence-electron chi connectivity index (χ4n) is 3.27. The molecule has 1 aliphatic rings. The Morgan fingerprint density at radius 1 is 0.765 bits per heavy atom. The van der Waals surface area contributed by atoms with Crippen molar-refractivity contribution in [2.45, 2.75) is 6.42 Å². The van der Waals surface area contributed by atoms with Crippen LogP contribution in [0.3, 0.4) is 0 Å². The third kappa shape index (κ3) is 5.37. The Bertz CT molecular complexity index is 1400. The van der Waals surface area contributed by atoms with E-state index in [1.807, 2.05) is 0 Å². The van der Waals surface area contributed by atoms with Gasteiger partial charge >= 0.3 is 0 Å². The average Bonchev–Trinajstić information content (AvgIpc) is 2.79. The quantitative estimate of drug-likeness (QED) is 0.227. The lowest BCUT2D eigenvalue weighted by Crippen LogP contribution is -2.19. The predicted molar refractivity (Wildman–Crippen MR) is 135 cm³/mol. The van der Waals surface area contributed by atoms with Crippen molar-refractivity contribution >= 4 is 57.7 Å². The lowest BCUT2D eigenvalue weighted by atomic mass is 9.94. The maximum atomic E-state index is 12.9. The molecule has 0 saturated carbocycles. The number of halogens is 3. The number of anilines is 1. The van der Waals surface area contributed by atoms with E-state index in [-0.39, 0.29) is 44.5 Å². The molecular formula is C25H17Cl3N2O4. The number of carbonyl (C=O) groups excluding carboxylic acids is 1. The van der Waals surface area contributed by atoms with Crippen LogP contribution in [0, 0.1) is 0 Å². The molecule has 6 nitrogen and oxygen atoms in total. The standard InChI is InChI=1S/C25H17Cl3N2O4/c26-17-8-13(1-4-22(17)31)7-14-9-20(29-15-2-5-23(32)18(27)10-15)21(12-25(14)34)30-16-3-6-24(33)19(28)11-16/h1-6,8-12,30-33H,7H2. The summed E-state index contributed by atoms with van der Waals surface area (Å²) in [6.07, 6.45) is 3.33. The molecule has 0 heterocycles. The number of carbonyl (C=O) groups is 1. The van der Waals surface area contributed by atoms with Crippen molar-refractivity contribution in [1.29, 1.82) is 0 Å². The predicted octanol–water partition coefficient (Wildman–Crippen LogP) is 6.58. The highest BCUT2D eigenvalue weighted by atomic mass is 35.5. The van der Waals surface area contributed by atoms with Crippen LogP contribution in [0.2, 0.25) is 15.1 Å². The number of nitrogens with one attached hydrogen (secondary N) is 1. The average molecular weight is 516 g/mol. The van der Waals surface area contributed by atoms with Crippen molar-refractivity contribution < 1.29 is 20.1 Å². The van der Waals surface area contributed by atoms with E-state index < -0.39 is 0 Å². The number of aliphatic imine (C=N–C) groups is 1. The second kappa shape index (κ2) is 9.81. The first-order valence-corrected chi connectivity index (χ1v) is 11.1. The molecule has 0 unspecified atom stereocenters. The maximum absolute atomic E-state index is 12.9. The third-order valence-electron chi connectivity index (χ3n) is 4.99. The fraction of sp³-hybridized carbons (Fsp3) is 0.0400. The number of aromatic hydroxyl groups is 3. The molecule has 172 valence electrons. The summed E-state index contributed by atoms with van der Waals surface area (Å²) in [5, 5.41) is 32.6. The number of phenols is 3. The van der Waals surface area contributed by atoms with Gasteiger partial charge in [-0.1, -0.05) is 40.9 Å². The molecule has 0 saturated heterocycles. The Morgan fingerprint density at radius 2 is 1.38 bits per heavy atom. The molecule has 0 radical (unpaired) electrons.